The molecule has 10 nitrogen and oxygen atoms in total. The number of pyridine rings is 1. The fourth-order valence-electron chi connectivity index (χ4n) is 4.09. The molecule has 3 heterocycles. The zero-order chi connectivity index (χ0) is 26.7. The van der Waals surface area contributed by atoms with Gasteiger partial charge in [0, 0.05) is 24.8 Å². The van der Waals surface area contributed by atoms with Crippen LogP contribution in [-0.2, 0) is 24.3 Å². The lowest BCUT2D eigenvalue weighted by molar-refractivity contribution is -0.116. The quantitative estimate of drug-likeness (QED) is 0.410. The smallest absolute Gasteiger partial charge is 0.279 e. The average Bonchev–Trinajstić information content (AvgIpc) is 3.61. The van der Waals surface area contributed by atoms with E-state index in [9.17, 15) is 19.2 Å². The third-order valence-electron chi connectivity index (χ3n) is 6.59. The number of aromatic nitrogens is 4. The second-order valence-corrected chi connectivity index (χ2v) is 9.40. The van der Waals surface area contributed by atoms with E-state index in [1.54, 1.807) is 29.5 Å². The lowest BCUT2D eigenvalue weighted by atomic mass is 10.1. The van der Waals surface area contributed by atoms with E-state index < -0.39 is 17.8 Å². The van der Waals surface area contributed by atoms with Crippen LogP contribution in [0.1, 0.15) is 43.6 Å². The summed E-state index contributed by atoms with van der Waals surface area (Å²) in [4.78, 5) is 32.3. The first-order valence-electron chi connectivity index (χ1n) is 12.3. The summed E-state index contributed by atoms with van der Waals surface area (Å²) in [5.74, 6) is -0.0433. The number of carbonyl (C=O) groups is 1. The first-order chi connectivity index (χ1) is 17.7. The molecule has 0 bridgehead atoms. The molecule has 1 unspecified atom stereocenters. The number of hydrogen-bond donors (Lipinski definition) is 2. The molecular formula is C26H31FN8O2. The summed E-state index contributed by atoms with van der Waals surface area (Å²) in [6, 6.07) is 6.11. The second kappa shape index (κ2) is 10.9. The number of fused-ring (bicyclic) bond motifs is 1. The van der Waals surface area contributed by atoms with E-state index in [0.717, 1.165) is 12.7 Å². The Kier molecular flexibility index (Phi) is 7.69. The molecular weight excluding hydrogens is 475 g/mol. The summed E-state index contributed by atoms with van der Waals surface area (Å²) in [5, 5.41) is 19.9. The molecule has 2 N–H and O–H groups in total. The maximum Gasteiger partial charge on any atom is 0.279 e. The highest BCUT2D eigenvalue weighted by atomic mass is 19.1. The molecule has 1 aliphatic carbocycles. The highest BCUT2D eigenvalue weighted by Gasteiger charge is 2.24. The molecule has 1 atom stereocenters. The Morgan fingerprint density at radius 1 is 1.41 bits per heavy atom. The van der Waals surface area contributed by atoms with Crippen LogP contribution in [0.15, 0.2) is 35.8 Å². The summed E-state index contributed by atoms with van der Waals surface area (Å²) in [5.41, 5.74) is 2.40. The van der Waals surface area contributed by atoms with Crippen LogP contribution in [0.4, 0.5) is 10.2 Å². The number of halogens is 1. The van der Waals surface area contributed by atoms with Crippen molar-refractivity contribution in [2.45, 2.75) is 52.2 Å². The number of amides is 1. The standard InChI is InChI=1S/C26H31FN8O2/c1-5-22-20(14-33(4)16(2)11-28)26(37)35-25(10-21(32-35)17(3)29-12-18-6-7-18)34(22)15-24(36)31-23-9-8-19(27)13-30-23/h8-10,13,16,18,29H,3,5-7,12,14-15H2,1-2,4H3,(H,30,31,36). The van der Waals surface area contributed by atoms with Crippen molar-refractivity contribution in [2.75, 3.05) is 18.9 Å². The Balaban J connectivity index is 1.76. The molecule has 1 aliphatic rings. The molecule has 194 valence electrons. The summed E-state index contributed by atoms with van der Waals surface area (Å²) in [6.45, 7) is 8.64. The molecule has 0 saturated heterocycles. The summed E-state index contributed by atoms with van der Waals surface area (Å²) < 4.78 is 16.3. The minimum Gasteiger partial charge on any atom is -0.383 e. The van der Waals surface area contributed by atoms with E-state index >= 15 is 0 Å². The minimum absolute atomic E-state index is 0.121. The Labute approximate surface area is 214 Å². The number of nitrogens with one attached hydrogen (secondary N) is 2. The molecule has 4 rings (SSSR count). The summed E-state index contributed by atoms with van der Waals surface area (Å²) >= 11 is 0. The fraction of sp³-hybridized carbons (Fsp3) is 0.423. The third kappa shape index (κ3) is 5.86. The highest BCUT2D eigenvalue weighted by Crippen LogP contribution is 2.28. The Bertz CT molecular complexity index is 1420. The average molecular weight is 507 g/mol. The monoisotopic (exact) mass is 506 g/mol. The SMILES string of the molecule is C=C(NCC1CC1)c1cc2n(CC(=O)Nc3ccc(F)cn3)c(CC)c(CN(C)C(C)C#N)c(=O)n2n1. The normalized spacial score (nSPS) is 13.9. The van der Waals surface area contributed by atoms with Crippen LogP contribution in [0.3, 0.4) is 0 Å². The molecule has 0 radical (unpaired) electrons. The Morgan fingerprint density at radius 2 is 2.16 bits per heavy atom. The minimum atomic E-state index is -0.504. The lowest BCUT2D eigenvalue weighted by Crippen LogP contribution is -2.35. The van der Waals surface area contributed by atoms with Crippen molar-refractivity contribution >= 4 is 23.1 Å². The van der Waals surface area contributed by atoms with E-state index in [2.05, 4.69) is 33.4 Å². The first kappa shape index (κ1) is 26.0. The number of hydrogen-bond acceptors (Lipinski definition) is 7. The number of anilines is 1. The number of nitrogens with zero attached hydrogens (tertiary/aromatic N) is 6. The van der Waals surface area contributed by atoms with E-state index in [1.807, 2.05) is 6.92 Å². The topological polar surface area (TPSA) is 120 Å². The molecule has 3 aromatic rings. The van der Waals surface area contributed by atoms with Gasteiger partial charge in [-0.1, -0.05) is 13.5 Å². The predicted octanol–water partition coefficient (Wildman–Crippen LogP) is 2.55. The molecule has 0 aromatic carbocycles. The maximum absolute atomic E-state index is 13.6. The summed E-state index contributed by atoms with van der Waals surface area (Å²) in [7, 11) is 1.77. The largest absolute Gasteiger partial charge is 0.383 e. The zero-order valence-electron chi connectivity index (χ0n) is 21.3. The van der Waals surface area contributed by atoms with E-state index in [4.69, 9.17) is 0 Å². The van der Waals surface area contributed by atoms with E-state index in [0.29, 0.717) is 40.6 Å². The van der Waals surface area contributed by atoms with Crippen LogP contribution >= 0.6 is 0 Å². The molecule has 3 aromatic heterocycles. The molecule has 1 saturated carbocycles. The van der Waals surface area contributed by atoms with Crippen molar-refractivity contribution in [3.63, 3.8) is 0 Å². The Hall–Kier alpha value is -4.04. The van der Waals surface area contributed by atoms with Gasteiger partial charge < -0.3 is 15.2 Å². The van der Waals surface area contributed by atoms with Crippen LogP contribution in [0.2, 0.25) is 0 Å². The van der Waals surface area contributed by atoms with Gasteiger partial charge in [0.25, 0.3) is 5.56 Å². The second-order valence-electron chi connectivity index (χ2n) is 9.40. The summed E-state index contributed by atoms with van der Waals surface area (Å²) in [6.07, 6.45) is 3.87. The van der Waals surface area contributed by atoms with Gasteiger partial charge in [-0.05, 0) is 51.3 Å². The first-order valence-corrected chi connectivity index (χ1v) is 12.3. The van der Waals surface area contributed by atoms with Gasteiger partial charge in [0.2, 0.25) is 5.91 Å². The van der Waals surface area contributed by atoms with Crippen molar-refractivity contribution in [3.05, 3.63) is 64.1 Å². The van der Waals surface area contributed by atoms with Gasteiger partial charge in [-0.3, -0.25) is 14.5 Å². The molecule has 1 fully saturated rings. The van der Waals surface area contributed by atoms with Crippen molar-refractivity contribution in [2.24, 2.45) is 5.92 Å². The van der Waals surface area contributed by atoms with Crippen LogP contribution in [0.5, 0.6) is 0 Å². The molecule has 0 spiro atoms. The van der Waals surface area contributed by atoms with Crippen LogP contribution < -0.4 is 16.2 Å². The number of carbonyl (C=O) groups excluding carboxylic acids is 1. The molecule has 0 aliphatic heterocycles. The fourth-order valence-corrected chi connectivity index (χ4v) is 4.09. The van der Waals surface area contributed by atoms with E-state index in [-0.39, 0.29) is 24.5 Å². The predicted molar refractivity (Wildman–Crippen MR) is 138 cm³/mol. The van der Waals surface area contributed by atoms with Gasteiger partial charge in [-0.25, -0.2) is 9.37 Å². The molecule has 37 heavy (non-hydrogen) atoms. The van der Waals surface area contributed by atoms with Crippen LogP contribution in [0.25, 0.3) is 11.3 Å². The van der Waals surface area contributed by atoms with Gasteiger partial charge in [-0.15, -0.1) is 0 Å². The Morgan fingerprint density at radius 3 is 2.78 bits per heavy atom. The van der Waals surface area contributed by atoms with Gasteiger partial charge in [0.1, 0.15) is 29.5 Å². The maximum atomic E-state index is 13.6. The van der Waals surface area contributed by atoms with Gasteiger partial charge in [0.05, 0.1) is 29.6 Å². The lowest BCUT2D eigenvalue weighted by Gasteiger charge is -2.23. The van der Waals surface area contributed by atoms with Crippen LogP contribution in [-0.4, -0.2) is 49.6 Å². The van der Waals surface area contributed by atoms with Crippen molar-refractivity contribution in [1.29, 1.82) is 5.26 Å². The van der Waals surface area contributed by atoms with E-state index in [1.165, 1.54) is 29.5 Å². The highest BCUT2D eigenvalue weighted by molar-refractivity contribution is 5.90. The van der Waals surface area contributed by atoms with Gasteiger partial charge in [-0.2, -0.15) is 14.9 Å². The van der Waals surface area contributed by atoms with Crippen molar-refractivity contribution in [3.8, 4) is 6.07 Å². The molecule has 11 heteroatoms. The van der Waals surface area contributed by atoms with Gasteiger partial charge in [0.15, 0.2) is 0 Å². The van der Waals surface area contributed by atoms with Gasteiger partial charge >= 0.3 is 0 Å². The van der Waals surface area contributed by atoms with Crippen molar-refractivity contribution in [1.82, 2.24) is 29.4 Å². The van der Waals surface area contributed by atoms with Crippen LogP contribution in [0, 0.1) is 23.1 Å². The van der Waals surface area contributed by atoms with Crippen molar-refractivity contribution < 1.29 is 9.18 Å². The number of rotatable bonds is 11. The number of nitriles is 1. The molecule has 1 amide bonds. The zero-order valence-corrected chi connectivity index (χ0v) is 21.3. The third-order valence-corrected chi connectivity index (χ3v) is 6.59.